The molecule has 2 aromatic heterocycles. The molecule has 0 aliphatic heterocycles. The second-order valence-electron chi connectivity index (χ2n) is 2.85. The molecular weight excluding hydrogens is 164 g/mol. The maximum atomic E-state index is 5.47. The Balaban J connectivity index is 2.41. The van der Waals surface area contributed by atoms with Gasteiger partial charge in [0, 0.05) is 11.8 Å². The summed E-state index contributed by atoms with van der Waals surface area (Å²) in [4.78, 5) is 11.2. The van der Waals surface area contributed by atoms with Crippen molar-refractivity contribution in [1.82, 2.24) is 15.0 Å². The molecule has 0 aliphatic rings. The van der Waals surface area contributed by atoms with E-state index in [0.29, 0.717) is 5.82 Å². The molecule has 66 valence electrons. The molecule has 0 spiro atoms. The third kappa shape index (κ3) is 1.51. The lowest BCUT2D eigenvalue weighted by Gasteiger charge is -1.96. The largest absolute Gasteiger partial charge is 0.384 e. The van der Waals surface area contributed by atoms with Gasteiger partial charge in [-0.15, -0.1) is 0 Å². The molecule has 0 radical (unpaired) electrons. The number of pyridine rings is 1. The third-order valence-corrected chi connectivity index (χ3v) is 1.80. The van der Waals surface area contributed by atoms with Crippen LogP contribution < -0.4 is 5.73 Å². The van der Waals surface area contributed by atoms with Gasteiger partial charge in [-0.25, -0.2) is 9.97 Å². The molecule has 0 unspecified atom stereocenters. The van der Waals surface area contributed by atoms with E-state index in [0.717, 1.165) is 17.1 Å². The number of hydrogen-bond donors (Lipinski definition) is 2. The van der Waals surface area contributed by atoms with Crippen molar-refractivity contribution in [2.75, 3.05) is 5.73 Å². The van der Waals surface area contributed by atoms with Crippen molar-refractivity contribution in [2.45, 2.75) is 6.92 Å². The van der Waals surface area contributed by atoms with Crippen molar-refractivity contribution in [1.29, 1.82) is 0 Å². The van der Waals surface area contributed by atoms with Gasteiger partial charge in [0.1, 0.15) is 11.6 Å². The Kier molecular flexibility index (Phi) is 1.73. The number of nitrogen functional groups attached to an aromatic ring is 1. The number of nitrogens with one attached hydrogen (secondary N) is 1. The van der Waals surface area contributed by atoms with Gasteiger partial charge in [0.05, 0.1) is 11.9 Å². The molecule has 4 heteroatoms. The van der Waals surface area contributed by atoms with E-state index in [-0.39, 0.29) is 0 Å². The van der Waals surface area contributed by atoms with Gasteiger partial charge in [-0.2, -0.15) is 0 Å². The molecule has 0 saturated carbocycles. The van der Waals surface area contributed by atoms with Gasteiger partial charge in [0.2, 0.25) is 0 Å². The fourth-order valence-corrected chi connectivity index (χ4v) is 1.13. The van der Waals surface area contributed by atoms with Crippen LogP contribution in [-0.4, -0.2) is 15.0 Å². The minimum Gasteiger partial charge on any atom is -0.384 e. The van der Waals surface area contributed by atoms with Crippen LogP contribution >= 0.6 is 0 Å². The Morgan fingerprint density at radius 1 is 1.23 bits per heavy atom. The zero-order chi connectivity index (χ0) is 9.26. The molecule has 3 N–H and O–H groups in total. The maximum absolute atomic E-state index is 5.47. The van der Waals surface area contributed by atoms with E-state index in [1.807, 2.05) is 13.0 Å². The van der Waals surface area contributed by atoms with E-state index in [9.17, 15) is 0 Å². The first-order valence-electron chi connectivity index (χ1n) is 3.99. The first-order valence-corrected chi connectivity index (χ1v) is 3.99. The highest BCUT2D eigenvalue weighted by molar-refractivity contribution is 5.58. The number of aromatic nitrogens is 3. The summed E-state index contributed by atoms with van der Waals surface area (Å²) in [7, 11) is 0. The predicted molar refractivity (Wildman–Crippen MR) is 51.0 cm³/mol. The van der Waals surface area contributed by atoms with Crippen LogP contribution in [0.3, 0.4) is 0 Å². The summed E-state index contributed by atoms with van der Waals surface area (Å²) < 4.78 is 0. The molecule has 4 nitrogen and oxygen atoms in total. The van der Waals surface area contributed by atoms with Crippen molar-refractivity contribution in [3.8, 4) is 11.3 Å². The number of aromatic amines is 1. The number of rotatable bonds is 1. The average Bonchev–Trinajstić information content (AvgIpc) is 2.53. The molecular formula is C9H10N4. The Hall–Kier alpha value is -1.84. The fourth-order valence-electron chi connectivity index (χ4n) is 1.13. The van der Waals surface area contributed by atoms with E-state index in [2.05, 4.69) is 15.0 Å². The summed E-state index contributed by atoms with van der Waals surface area (Å²) in [6.07, 6.45) is 3.50. The molecule has 0 bridgehead atoms. The van der Waals surface area contributed by atoms with Crippen LogP contribution in [0.15, 0.2) is 24.5 Å². The number of nitrogens with zero attached hydrogens (tertiary/aromatic N) is 2. The van der Waals surface area contributed by atoms with E-state index in [1.54, 1.807) is 18.5 Å². The van der Waals surface area contributed by atoms with Gasteiger partial charge in [0.25, 0.3) is 0 Å². The van der Waals surface area contributed by atoms with Crippen LogP contribution in [0, 0.1) is 6.92 Å². The highest BCUT2D eigenvalue weighted by Gasteiger charge is 1.99. The quantitative estimate of drug-likeness (QED) is 0.686. The normalized spacial score (nSPS) is 10.2. The van der Waals surface area contributed by atoms with Crippen LogP contribution in [0.2, 0.25) is 0 Å². The van der Waals surface area contributed by atoms with E-state index in [4.69, 9.17) is 5.73 Å². The van der Waals surface area contributed by atoms with Gasteiger partial charge in [-0.1, -0.05) is 0 Å². The zero-order valence-corrected chi connectivity index (χ0v) is 7.28. The van der Waals surface area contributed by atoms with Crippen LogP contribution in [-0.2, 0) is 0 Å². The van der Waals surface area contributed by atoms with Crippen molar-refractivity contribution in [2.24, 2.45) is 0 Å². The van der Waals surface area contributed by atoms with Crippen molar-refractivity contribution < 1.29 is 0 Å². The molecule has 2 heterocycles. The van der Waals surface area contributed by atoms with Crippen molar-refractivity contribution >= 4 is 5.82 Å². The van der Waals surface area contributed by atoms with Gasteiger partial charge in [0.15, 0.2) is 0 Å². The zero-order valence-electron chi connectivity index (χ0n) is 7.28. The average molecular weight is 174 g/mol. The van der Waals surface area contributed by atoms with E-state index >= 15 is 0 Å². The number of hydrogen-bond acceptors (Lipinski definition) is 3. The molecule has 2 aromatic rings. The lowest BCUT2D eigenvalue weighted by atomic mass is 10.2. The standard InChI is InChI=1S/C9H10N4/c1-6-11-5-8(13-6)7-2-3-9(10)12-4-7/h2-5H,1H3,(H2,10,12)(H,11,13). The second kappa shape index (κ2) is 2.90. The molecule has 13 heavy (non-hydrogen) atoms. The van der Waals surface area contributed by atoms with Crippen LogP contribution in [0.4, 0.5) is 5.82 Å². The maximum Gasteiger partial charge on any atom is 0.123 e. The number of nitrogens with two attached hydrogens (primary N) is 1. The number of aryl methyl sites for hydroxylation is 1. The second-order valence-corrected chi connectivity index (χ2v) is 2.85. The summed E-state index contributed by atoms with van der Waals surface area (Å²) in [6, 6.07) is 3.68. The number of imidazole rings is 1. The Labute approximate surface area is 75.8 Å². The summed E-state index contributed by atoms with van der Waals surface area (Å²) in [5.74, 6) is 1.42. The summed E-state index contributed by atoms with van der Waals surface area (Å²) in [5, 5.41) is 0. The van der Waals surface area contributed by atoms with E-state index in [1.165, 1.54) is 0 Å². The Morgan fingerprint density at radius 2 is 2.08 bits per heavy atom. The molecule has 0 aromatic carbocycles. The number of anilines is 1. The van der Waals surface area contributed by atoms with Crippen LogP contribution in [0.1, 0.15) is 5.82 Å². The lowest BCUT2D eigenvalue weighted by Crippen LogP contribution is -1.88. The first kappa shape index (κ1) is 7.79. The molecule has 0 amide bonds. The molecule has 2 rings (SSSR count). The smallest absolute Gasteiger partial charge is 0.123 e. The van der Waals surface area contributed by atoms with Gasteiger partial charge < -0.3 is 10.7 Å². The summed E-state index contributed by atoms with van der Waals surface area (Å²) >= 11 is 0. The summed E-state index contributed by atoms with van der Waals surface area (Å²) in [6.45, 7) is 1.91. The van der Waals surface area contributed by atoms with Crippen molar-refractivity contribution in [3.05, 3.63) is 30.4 Å². The fraction of sp³-hybridized carbons (Fsp3) is 0.111. The SMILES string of the molecule is Cc1ncc(-c2ccc(N)nc2)[nH]1. The van der Waals surface area contributed by atoms with Crippen molar-refractivity contribution in [3.63, 3.8) is 0 Å². The highest BCUT2D eigenvalue weighted by atomic mass is 14.9. The first-order chi connectivity index (χ1) is 6.25. The highest BCUT2D eigenvalue weighted by Crippen LogP contribution is 2.15. The molecule has 0 atom stereocenters. The molecule has 0 fully saturated rings. The summed E-state index contributed by atoms with van der Waals surface area (Å²) in [5.41, 5.74) is 7.43. The van der Waals surface area contributed by atoms with Crippen LogP contribution in [0.5, 0.6) is 0 Å². The van der Waals surface area contributed by atoms with Gasteiger partial charge >= 0.3 is 0 Å². The number of H-pyrrole nitrogens is 1. The van der Waals surface area contributed by atoms with Gasteiger partial charge in [-0.3, -0.25) is 0 Å². The topological polar surface area (TPSA) is 67.6 Å². The predicted octanol–water partition coefficient (Wildman–Crippen LogP) is 1.36. The van der Waals surface area contributed by atoms with Gasteiger partial charge in [-0.05, 0) is 19.1 Å². The minimum absolute atomic E-state index is 0.528. The monoisotopic (exact) mass is 174 g/mol. The van der Waals surface area contributed by atoms with E-state index < -0.39 is 0 Å². The minimum atomic E-state index is 0.528. The Bertz CT molecular complexity index is 402. The molecule has 0 aliphatic carbocycles. The lowest BCUT2D eigenvalue weighted by molar-refractivity contribution is 1.15. The molecule has 0 saturated heterocycles. The van der Waals surface area contributed by atoms with Crippen LogP contribution in [0.25, 0.3) is 11.3 Å². The Morgan fingerprint density at radius 3 is 2.62 bits per heavy atom. The third-order valence-electron chi connectivity index (χ3n) is 1.80.